The molecule has 8 nitrogen and oxygen atoms in total. The standard InChI is InChI=1S/C32H30F3N3O5S/c1-43-31(40)26-18-36-44(41,42)30-27(21-11-7-12-22(16-21)32(33,34)35)25(17-20-10-6-9-19-8-2-5-15-24(19)20)28(29(39)38(26)30)37-23-13-3-4-14-23/h2,5-12,15-16,23,26,36-37H,3-4,13-14,17-18H2,1H3. The van der Waals surface area contributed by atoms with Crippen LogP contribution in [0.5, 0.6) is 0 Å². The van der Waals surface area contributed by atoms with Crippen molar-refractivity contribution in [2.45, 2.75) is 55.4 Å². The van der Waals surface area contributed by atoms with E-state index >= 15 is 0 Å². The molecule has 0 spiro atoms. The number of hydrogen-bond donors (Lipinski definition) is 2. The number of fused-ring (bicyclic) bond motifs is 2. The molecule has 0 saturated heterocycles. The van der Waals surface area contributed by atoms with Gasteiger partial charge in [-0.25, -0.2) is 17.9 Å². The highest BCUT2D eigenvalue weighted by Gasteiger charge is 2.41. The molecule has 4 aromatic rings. The number of esters is 1. The number of carbonyl (C=O) groups excluding carboxylic acids is 1. The second-order valence-corrected chi connectivity index (χ2v) is 12.8. The van der Waals surface area contributed by atoms with Crippen LogP contribution >= 0.6 is 0 Å². The molecule has 0 radical (unpaired) electrons. The van der Waals surface area contributed by atoms with E-state index in [1.807, 2.05) is 42.5 Å². The first-order valence-corrected chi connectivity index (χ1v) is 15.8. The Labute approximate surface area is 251 Å². The maximum Gasteiger partial charge on any atom is 0.416 e. The Hall–Kier alpha value is -4.16. The zero-order valence-corrected chi connectivity index (χ0v) is 24.6. The first-order chi connectivity index (χ1) is 21.0. The Morgan fingerprint density at radius 3 is 2.48 bits per heavy atom. The van der Waals surface area contributed by atoms with Crippen LogP contribution in [0.4, 0.5) is 18.9 Å². The van der Waals surface area contributed by atoms with E-state index in [4.69, 9.17) is 4.74 Å². The van der Waals surface area contributed by atoms with Crippen LogP contribution < -0.4 is 15.6 Å². The molecule has 3 aromatic carbocycles. The van der Waals surface area contributed by atoms with Gasteiger partial charge in [-0.15, -0.1) is 0 Å². The summed E-state index contributed by atoms with van der Waals surface area (Å²) in [5, 5.41) is 4.52. The Bertz CT molecular complexity index is 1930. The summed E-state index contributed by atoms with van der Waals surface area (Å²) in [7, 11) is -3.35. The smallest absolute Gasteiger partial charge is 0.416 e. The predicted molar refractivity (Wildman–Crippen MR) is 160 cm³/mol. The molecule has 1 aliphatic carbocycles. The van der Waals surface area contributed by atoms with Crippen molar-refractivity contribution in [1.82, 2.24) is 9.29 Å². The lowest BCUT2D eigenvalue weighted by Gasteiger charge is -2.32. The van der Waals surface area contributed by atoms with Gasteiger partial charge in [0.2, 0.25) is 0 Å². The largest absolute Gasteiger partial charge is 0.467 e. The van der Waals surface area contributed by atoms with Crippen molar-refractivity contribution in [3.05, 3.63) is 93.8 Å². The fourth-order valence-electron chi connectivity index (χ4n) is 6.32. The van der Waals surface area contributed by atoms with E-state index in [0.717, 1.165) is 65.8 Å². The van der Waals surface area contributed by atoms with Crippen molar-refractivity contribution >= 4 is 32.5 Å². The fourth-order valence-corrected chi connectivity index (χ4v) is 7.81. The first-order valence-electron chi connectivity index (χ1n) is 14.3. The second-order valence-electron chi connectivity index (χ2n) is 11.1. The summed E-state index contributed by atoms with van der Waals surface area (Å²) in [4.78, 5) is 27.3. The number of alkyl halides is 3. The highest BCUT2D eigenvalue weighted by Crippen LogP contribution is 2.41. The van der Waals surface area contributed by atoms with Crippen LogP contribution in [0.2, 0.25) is 0 Å². The molecule has 1 aromatic heterocycles. The van der Waals surface area contributed by atoms with Crippen LogP contribution in [0.15, 0.2) is 76.6 Å². The number of hydrogen-bond acceptors (Lipinski definition) is 6. The van der Waals surface area contributed by atoms with Crippen molar-refractivity contribution in [1.29, 1.82) is 0 Å². The van der Waals surface area contributed by atoms with Crippen molar-refractivity contribution in [2.24, 2.45) is 0 Å². The molecular weight excluding hydrogens is 595 g/mol. The highest BCUT2D eigenvalue weighted by atomic mass is 32.2. The number of anilines is 1. The first kappa shape index (κ1) is 29.9. The number of carbonyl (C=O) groups is 1. The Balaban J connectivity index is 1.74. The van der Waals surface area contributed by atoms with E-state index in [1.54, 1.807) is 0 Å². The SMILES string of the molecule is COC(=O)C1CNS(=O)(=O)c2c(-c3cccc(C(F)(F)F)c3)c(Cc3cccc4ccccc34)c(NC3CCCC3)c(=O)n21. The number of nitrogens with one attached hydrogen (secondary N) is 2. The van der Waals surface area contributed by atoms with Crippen molar-refractivity contribution in [3.63, 3.8) is 0 Å². The topological polar surface area (TPSA) is 106 Å². The van der Waals surface area contributed by atoms with Crippen LogP contribution in [0.25, 0.3) is 21.9 Å². The average Bonchev–Trinajstić information content (AvgIpc) is 3.52. The molecule has 1 unspecified atom stereocenters. The third-order valence-corrected chi connectivity index (χ3v) is 9.86. The second kappa shape index (κ2) is 11.4. The van der Waals surface area contributed by atoms with Crippen molar-refractivity contribution < 1.29 is 31.1 Å². The molecule has 0 amide bonds. The van der Waals surface area contributed by atoms with E-state index in [2.05, 4.69) is 10.0 Å². The highest BCUT2D eigenvalue weighted by molar-refractivity contribution is 7.89. The van der Waals surface area contributed by atoms with Gasteiger partial charge in [0.05, 0.1) is 12.7 Å². The Kier molecular flexibility index (Phi) is 7.75. The minimum atomic E-state index is -4.71. The molecule has 2 heterocycles. The summed E-state index contributed by atoms with van der Waals surface area (Å²) in [6.07, 6.45) is -1.32. The maximum absolute atomic E-state index is 14.4. The number of nitrogens with zero attached hydrogens (tertiary/aromatic N) is 1. The number of aromatic nitrogens is 1. The molecular formula is C32H30F3N3O5S. The quantitative estimate of drug-likeness (QED) is 0.269. The third-order valence-electron chi connectivity index (χ3n) is 8.40. The van der Waals surface area contributed by atoms with Gasteiger partial charge in [-0.1, -0.05) is 67.4 Å². The lowest BCUT2D eigenvalue weighted by molar-refractivity contribution is -0.144. The van der Waals surface area contributed by atoms with Gasteiger partial charge in [0.25, 0.3) is 15.6 Å². The number of halogens is 3. The number of ether oxygens (including phenoxy) is 1. The molecule has 2 N–H and O–H groups in total. The third kappa shape index (κ3) is 5.36. The molecule has 1 atom stereocenters. The fraction of sp³-hybridized carbons (Fsp3) is 0.312. The van der Waals surface area contributed by atoms with Crippen molar-refractivity contribution in [3.8, 4) is 11.1 Å². The van der Waals surface area contributed by atoms with Gasteiger partial charge in [-0.2, -0.15) is 13.2 Å². The van der Waals surface area contributed by atoms with E-state index in [1.165, 1.54) is 12.1 Å². The van der Waals surface area contributed by atoms with Gasteiger partial charge >= 0.3 is 12.1 Å². The van der Waals surface area contributed by atoms with Gasteiger partial charge < -0.3 is 10.1 Å². The van der Waals surface area contributed by atoms with Crippen molar-refractivity contribution in [2.75, 3.05) is 19.0 Å². The van der Waals surface area contributed by atoms with Crippen LogP contribution in [0.1, 0.15) is 48.4 Å². The molecule has 6 rings (SSSR count). The summed E-state index contributed by atoms with van der Waals surface area (Å²) in [6, 6.07) is 16.0. The lowest BCUT2D eigenvalue weighted by Crippen LogP contribution is -2.48. The Morgan fingerprint density at radius 1 is 1.05 bits per heavy atom. The van der Waals surface area contributed by atoms with E-state index in [9.17, 15) is 31.2 Å². The molecule has 2 aliphatic rings. The number of benzene rings is 3. The predicted octanol–water partition coefficient (Wildman–Crippen LogP) is 5.64. The molecule has 0 bridgehead atoms. The summed E-state index contributed by atoms with van der Waals surface area (Å²) in [6.45, 7) is -0.449. The molecule has 1 aliphatic heterocycles. The minimum Gasteiger partial charge on any atom is -0.467 e. The van der Waals surface area contributed by atoms with E-state index in [0.29, 0.717) is 0 Å². The summed E-state index contributed by atoms with van der Waals surface area (Å²) < 4.78 is 77.6. The van der Waals surface area contributed by atoms with E-state index in [-0.39, 0.29) is 34.8 Å². The van der Waals surface area contributed by atoms with Gasteiger partial charge in [0.1, 0.15) is 11.7 Å². The van der Waals surface area contributed by atoms with E-state index < -0.39 is 50.9 Å². The summed E-state index contributed by atoms with van der Waals surface area (Å²) in [5.74, 6) is -0.862. The summed E-state index contributed by atoms with van der Waals surface area (Å²) >= 11 is 0. The molecule has 230 valence electrons. The van der Waals surface area contributed by atoms with Crippen LogP contribution in [-0.4, -0.2) is 38.7 Å². The molecule has 44 heavy (non-hydrogen) atoms. The maximum atomic E-state index is 14.4. The van der Waals surface area contributed by atoms with Gasteiger partial charge in [0, 0.05) is 24.6 Å². The molecule has 12 heteroatoms. The minimum absolute atomic E-state index is 0.0312. The van der Waals surface area contributed by atoms with Crippen LogP contribution in [0.3, 0.4) is 0 Å². The number of pyridine rings is 1. The number of sulfonamides is 1. The average molecular weight is 626 g/mol. The molecule has 1 saturated carbocycles. The van der Waals surface area contributed by atoms with Gasteiger partial charge in [0.15, 0.2) is 5.03 Å². The number of methoxy groups -OCH3 is 1. The van der Waals surface area contributed by atoms with Crippen LogP contribution in [0, 0.1) is 0 Å². The lowest BCUT2D eigenvalue weighted by atomic mass is 9.91. The van der Waals surface area contributed by atoms with Gasteiger partial charge in [-0.3, -0.25) is 9.36 Å². The zero-order chi connectivity index (χ0) is 31.2. The summed E-state index contributed by atoms with van der Waals surface area (Å²) in [5.41, 5.74) is -0.813. The van der Waals surface area contributed by atoms with Crippen LogP contribution in [-0.2, 0) is 32.2 Å². The normalized spacial score (nSPS) is 18.2. The molecule has 1 fully saturated rings. The monoisotopic (exact) mass is 625 g/mol. The Morgan fingerprint density at radius 2 is 1.75 bits per heavy atom. The number of rotatable bonds is 6. The van der Waals surface area contributed by atoms with Gasteiger partial charge in [-0.05, 0) is 52.4 Å². The zero-order valence-electron chi connectivity index (χ0n) is 23.8.